The maximum atomic E-state index is 13.4. The van der Waals surface area contributed by atoms with Crippen LogP contribution in [0, 0.1) is 0 Å². The highest BCUT2D eigenvalue weighted by atomic mass is 16.3. The van der Waals surface area contributed by atoms with Crippen molar-refractivity contribution >= 4 is 0 Å². The van der Waals surface area contributed by atoms with Crippen LogP contribution in [0.1, 0.15) is 454 Å². The zero-order valence-electron chi connectivity index (χ0n) is 79.4. The number of benzene rings is 8. The smallest absolute Gasteiger partial charge is 0.122 e. The maximum absolute atomic E-state index is 13.4. The summed E-state index contributed by atoms with van der Waals surface area (Å²) in [6.07, 6.45) is 25.1. The van der Waals surface area contributed by atoms with Crippen molar-refractivity contribution in [2.45, 2.75) is 415 Å². The highest BCUT2D eigenvalue weighted by Gasteiger charge is 2.35. The Labute approximate surface area is 728 Å². The van der Waals surface area contributed by atoms with Gasteiger partial charge in [-0.05, 0) is 228 Å². The van der Waals surface area contributed by atoms with Crippen molar-refractivity contribution in [1.29, 1.82) is 0 Å². The first-order valence-corrected chi connectivity index (χ1v) is 47.2. The molecule has 0 saturated heterocycles. The van der Waals surface area contributed by atoms with Crippen LogP contribution in [0.25, 0.3) is 0 Å². The lowest BCUT2D eigenvalue weighted by molar-refractivity contribution is 0.439. The summed E-state index contributed by atoms with van der Waals surface area (Å²) in [5, 5.41) is 107. The van der Waals surface area contributed by atoms with E-state index in [1.165, 1.54) is 0 Å². The third-order valence-corrected chi connectivity index (χ3v) is 28.7. The first kappa shape index (κ1) is 96.0. The Kier molecular flexibility index (Phi) is 31.8. The van der Waals surface area contributed by atoms with E-state index in [1.807, 2.05) is 0 Å². The quantitative estimate of drug-likeness (QED) is 0.0207. The number of hydrogen-bond acceptors (Lipinski definition) is 8. The normalized spacial score (nSPS) is 13.8. The van der Waals surface area contributed by atoms with Gasteiger partial charge in [-0.15, -0.1) is 0 Å². The Bertz CT molecular complexity index is 3740. The molecule has 0 unspecified atom stereocenters. The van der Waals surface area contributed by atoms with Gasteiger partial charge in [0.05, 0.1) is 0 Å². The summed E-state index contributed by atoms with van der Waals surface area (Å²) in [5.74, 6) is 0.943. The van der Waals surface area contributed by atoms with Gasteiger partial charge >= 0.3 is 0 Å². The van der Waals surface area contributed by atoms with Gasteiger partial charge in [-0.25, -0.2) is 0 Å². The van der Waals surface area contributed by atoms with E-state index < -0.39 is 0 Å². The Balaban J connectivity index is 1.43. The minimum atomic E-state index is -0.327. The zero-order valence-corrected chi connectivity index (χ0v) is 79.4. The van der Waals surface area contributed by atoms with Gasteiger partial charge in [-0.3, -0.25) is 0 Å². The van der Waals surface area contributed by atoms with Crippen LogP contribution in [-0.4, -0.2) is 40.9 Å². The topological polar surface area (TPSA) is 162 Å². The molecule has 8 N–H and O–H groups in total. The summed E-state index contributed by atoms with van der Waals surface area (Å²) >= 11 is 0. The molecule has 0 heterocycles. The van der Waals surface area contributed by atoms with Crippen molar-refractivity contribution in [3.63, 3.8) is 0 Å². The van der Waals surface area contributed by atoms with Gasteiger partial charge < -0.3 is 40.9 Å². The predicted octanol–water partition coefficient (Wildman–Crippen LogP) is 30.1. The first-order chi connectivity index (χ1) is 56.3. The SMILES string of the molecule is CCCCC(C)(C)c1cc2c(O)c(c1)Cc1cc(C(C)(C)CCCC)cc(c1O)Cc1cc(C(C)(C)CCCC)cc(c1O)Cc1cc(C(C)(C)CCCC)cc(c1O)Cc1cc(C(C)(C)CCCC)cc(c1O)Cc1cc(C(C)(C)CCCC)cc(c1O)Cc1cc(C(C)(C)CCCC)cc(c1O)Cc1cc(C(C)(C)CCCC)cc(c1O)C2. The summed E-state index contributed by atoms with van der Waals surface area (Å²) in [5.41, 5.74) is 16.8. The summed E-state index contributed by atoms with van der Waals surface area (Å²) in [6, 6.07) is 34.6. The molecule has 656 valence electrons. The molecule has 9 rings (SSSR count). The monoisotopic (exact) mass is 1630 g/mol. The molecule has 0 amide bonds. The molecule has 0 aromatic heterocycles. The maximum Gasteiger partial charge on any atom is 0.122 e. The fourth-order valence-electron chi connectivity index (χ4n) is 19.1. The van der Waals surface area contributed by atoms with E-state index in [4.69, 9.17) is 0 Å². The molecule has 0 aliphatic heterocycles. The molecule has 0 spiro atoms. The van der Waals surface area contributed by atoms with Crippen LogP contribution in [0.2, 0.25) is 0 Å². The van der Waals surface area contributed by atoms with E-state index in [2.05, 4.69) is 263 Å². The largest absolute Gasteiger partial charge is 0.507 e. The van der Waals surface area contributed by atoms with Gasteiger partial charge in [-0.2, -0.15) is 0 Å². The number of fused-ring (bicyclic) bond motifs is 16. The van der Waals surface area contributed by atoms with E-state index in [9.17, 15) is 40.9 Å². The molecule has 16 bridgehead atoms. The van der Waals surface area contributed by atoms with Crippen LogP contribution in [0.15, 0.2) is 97.1 Å². The second kappa shape index (κ2) is 39.8. The van der Waals surface area contributed by atoms with Gasteiger partial charge in [-0.1, -0.05) is 366 Å². The highest BCUT2D eigenvalue weighted by Crippen LogP contribution is 2.50. The van der Waals surface area contributed by atoms with E-state index in [0.29, 0.717) is 89.0 Å². The molecule has 8 aromatic carbocycles. The predicted molar refractivity (Wildman–Crippen MR) is 508 cm³/mol. The summed E-state index contributed by atoms with van der Waals surface area (Å²) in [4.78, 5) is 0. The average Bonchev–Trinajstić information content (AvgIpc) is 0.772. The molecule has 0 fully saturated rings. The lowest BCUT2D eigenvalue weighted by Gasteiger charge is -2.30. The molecule has 8 nitrogen and oxygen atoms in total. The lowest BCUT2D eigenvalue weighted by Crippen LogP contribution is -2.19. The van der Waals surface area contributed by atoms with E-state index in [1.54, 1.807) is 0 Å². The molecule has 120 heavy (non-hydrogen) atoms. The fraction of sp³-hybridized carbons (Fsp3) is 0.571. The third kappa shape index (κ3) is 22.8. The third-order valence-electron chi connectivity index (χ3n) is 28.7. The van der Waals surface area contributed by atoms with Crippen LogP contribution in [0.5, 0.6) is 46.0 Å². The van der Waals surface area contributed by atoms with Crippen LogP contribution < -0.4 is 0 Å². The molecule has 1 aliphatic rings. The molecular formula is C112H160O8. The van der Waals surface area contributed by atoms with Crippen molar-refractivity contribution in [3.8, 4) is 46.0 Å². The number of hydrogen-bond donors (Lipinski definition) is 8. The van der Waals surface area contributed by atoms with Crippen molar-refractivity contribution < 1.29 is 40.9 Å². The van der Waals surface area contributed by atoms with Gasteiger partial charge in [0.1, 0.15) is 46.0 Å². The molecule has 1 aliphatic carbocycles. The minimum absolute atomic E-state index is 0.118. The van der Waals surface area contributed by atoms with Gasteiger partial charge in [0.25, 0.3) is 0 Å². The molecule has 0 atom stereocenters. The van der Waals surface area contributed by atoms with Gasteiger partial charge in [0.15, 0.2) is 0 Å². The van der Waals surface area contributed by atoms with E-state index >= 15 is 0 Å². The molecule has 8 aromatic rings. The van der Waals surface area contributed by atoms with Crippen LogP contribution in [0.4, 0.5) is 0 Å². The van der Waals surface area contributed by atoms with Gasteiger partial charge in [0.2, 0.25) is 0 Å². The fourth-order valence-corrected chi connectivity index (χ4v) is 19.1. The Morgan fingerprint density at radius 3 is 0.300 bits per heavy atom. The summed E-state index contributed by atoms with van der Waals surface area (Å²) < 4.78 is 0. The number of unbranched alkanes of at least 4 members (excludes halogenated alkanes) is 8. The molecular weight excluding hydrogens is 1470 g/mol. The van der Waals surface area contributed by atoms with Crippen molar-refractivity contribution in [1.82, 2.24) is 0 Å². The zero-order chi connectivity index (χ0) is 88.4. The Hall–Kier alpha value is -7.84. The Morgan fingerprint density at radius 2 is 0.233 bits per heavy atom. The van der Waals surface area contributed by atoms with Crippen molar-refractivity contribution in [2.24, 2.45) is 0 Å². The van der Waals surface area contributed by atoms with E-state index in [0.717, 1.165) is 199 Å². The number of rotatable bonds is 32. The molecule has 0 saturated carbocycles. The standard InChI is InChI=1S/C112H160O8/c1-25-33-41-105(9,10)89-57-73-49-75-59-90(106(11,12)42-34-26-2)61-77(98(75)114)51-79-63-92(108(15,16)44-36-28-4)65-81(100(79)116)53-83-67-94(110(19,20)46-38-30-6)69-85(102(83)118)55-87-71-96(112(23,24)48-40-32-8)72-88(104(87)120)56-86-70-95(111(21,22)47-39-31-7)68-84(103(86)119)54-82-66-93(109(17,18)45-37-29-5)64-80(101(82)117)52-78-62-91(107(13,14)43-35-27-3)60-76(99(78)115)50-74(58-89)97(73)113/h57-72,113-120H,25-56H2,1-24H3. The minimum Gasteiger partial charge on any atom is -0.507 e. The highest BCUT2D eigenvalue weighted by molar-refractivity contribution is 5.62. The lowest BCUT2D eigenvalue weighted by atomic mass is 9.75. The summed E-state index contributed by atoms with van der Waals surface area (Å²) in [6.45, 7) is 54.5. The second-order valence-electron chi connectivity index (χ2n) is 42.5. The second-order valence-corrected chi connectivity index (χ2v) is 42.5. The first-order valence-electron chi connectivity index (χ1n) is 47.2. The van der Waals surface area contributed by atoms with Crippen LogP contribution in [-0.2, 0) is 94.7 Å². The molecule has 0 radical (unpaired) electrons. The number of aromatic hydroxyl groups is 8. The van der Waals surface area contributed by atoms with E-state index in [-0.39, 0.29) is 141 Å². The molecule has 8 heteroatoms. The van der Waals surface area contributed by atoms with Crippen LogP contribution >= 0.6 is 0 Å². The van der Waals surface area contributed by atoms with Crippen molar-refractivity contribution in [2.75, 3.05) is 0 Å². The summed E-state index contributed by atoms with van der Waals surface area (Å²) in [7, 11) is 0. The number of phenols is 8. The van der Waals surface area contributed by atoms with Gasteiger partial charge in [0, 0.05) is 51.4 Å². The number of phenolic OH excluding ortho intramolecular Hbond substituents is 8. The van der Waals surface area contributed by atoms with Crippen LogP contribution in [0.3, 0.4) is 0 Å². The van der Waals surface area contributed by atoms with Crippen molar-refractivity contribution in [3.05, 3.63) is 231 Å². The average molecular weight is 1630 g/mol. The Morgan fingerprint density at radius 1 is 0.158 bits per heavy atom.